The number of aryl methyl sites for hydroxylation is 2. The summed E-state index contributed by atoms with van der Waals surface area (Å²) in [7, 11) is 0. The molecule has 0 spiro atoms. The summed E-state index contributed by atoms with van der Waals surface area (Å²) in [6.45, 7) is 2.26. The van der Waals surface area contributed by atoms with E-state index in [1.807, 2.05) is 0 Å². The molecule has 2 aromatic rings. The van der Waals surface area contributed by atoms with Crippen LogP contribution >= 0.6 is 0 Å². The predicted molar refractivity (Wildman–Crippen MR) is 125 cm³/mol. The third-order valence-electron chi connectivity index (χ3n) is 8.35. The van der Waals surface area contributed by atoms with Gasteiger partial charge in [-0.15, -0.1) is 0 Å². The lowest BCUT2D eigenvalue weighted by Crippen LogP contribution is -2.25. The maximum absolute atomic E-state index is 14.5. The highest BCUT2D eigenvalue weighted by Crippen LogP contribution is 2.44. The first-order valence-electron chi connectivity index (χ1n) is 13.0. The molecule has 186 valence electrons. The lowest BCUT2D eigenvalue weighted by Gasteiger charge is -2.38. The van der Waals surface area contributed by atoms with Gasteiger partial charge >= 0.3 is 0 Å². The van der Waals surface area contributed by atoms with Crippen molar-refractivity contribution in [2.45, 2.75) is 89.9 Å². The van der Waals surface area contributed by atoms with E-state index in [4.69, 9.17) is 0 Å². The Morgan fingerprint density at radius 1 is 0.647 bits per heavy atom. The summed E-state index contributed by atoms with van der Waals surface area (Å²) in [5, 5.41) is 0. The molecule has 2 saturated carbocycles. The van der Waals surface area contributed by atoms with E-state index in [1.165, 1.54) is 44.6 Å². The molecule has 0 aromatic heterocycles. The van der Waals surface area contributed by atoms with Crippen molar-refractivity contribution in [3.63, 3.8) is 0 Å². The van der Waals surface area contributed by atoms with Crippen molar-refractivity contribution >= 4 is 0 Å². The monoisotopic (exact) mass is 478 g/mol. The third-order valence-corrected chi connectivity index (χ3v) is 8.35. The van der Waals surface area contributed by atoms with Crippen molar-refractivity contribution in [1.82, 2.24) is 0 Å². The lowest BCUT2D eigenvalue weighted by molar-refractivity contribution is 0.156. The average Bonchev–Trinajstić information content (AvgIpc) is 2.84. The van der Waals surface area contributed by atoms with Crippen molar-refractivity contribution in [1.29, 1.82) is 0 Å². The van der Waals surface area contributed by atoms with Crippen LogP contribution < -0.4 is 0 Å². The highest BCUT2D eigenvalue weighted by atomic mass is 19.2. The lowest BCUT2D eigenvalue weighted by atomic mass is 9.68. The molecule has 5 heteroatoms. The van der Waals surface area contributed by atoms with E-state index < -0.39 is 29.1 Å². The van der Waals surface area contributed by atoms with Gasteiger partial charge in [0, 0.05) is 0 Å². The second-order valence-corrected chi connectivity index (χ2v) is 10.5. The number of rotatable bonds is 7. The van der Waals surface area contributed by atoms with Gasteiger partial charge in [0.1, 0.15) is 0 Å². The fourth-order valence-electron chi connectivity index (χ4n) is 6.40. The molecule has 2 aliphatic rings. The minimum absolute atomic E-state index is 0.0947. The fourth-order valence-corrected chi connectivity index (χ4v) is 6.40. The van der Waals surface area contributed by atoms with Gasteiger partial charge in [-0.2, -0.15) is 0 Å². The van der Waals surface area contributed by atoms with Gasteiger partial charge in [0.25, 0.3) is 0 Å². The Labute approximate surface area is 200 Å². The molecule has 0 saturated heterocycles. The predicted octanol–water partition coefficient (Wildman–Crippen LogP) is 9.05. The highest BCUT2D eigenvalue weighted by molar-refractivity contribution is 5.31. The van der Waals surface area contributed by atoms with Crippen LogP contribution in [0.5, 0.6) is 0 Å². The van der Waals surface area contributed by atoms with E-state index in [2.05, 4.69) is 6.92 Å². The molecule has 0 aliphatic heterocycles. The van der Waals surface area contributed by atoms with E-state index in [9.17, 15) is 22.0 Å². The topological polar surface area (TPSA) is 0 Å². The van der Waals surface area contributed by atoms with Crippen LogP contribution in [0.4, 0.5) is 22.0 Å². The first-order valence-corrected chi connectivity index (χ1v) is 13.0. The Morgan fingerprint density at radius 2 is 1.21 bits per heavy atom. The quantitative estimate of drug-likeness (QED) is 0.275. The minimum atomic E-state index is -1.52. The highest BCUT2D eigenvalue weighted by Gasteiger charge is 2.31. The van der Waals surface area contributed by atoms with Gasteiger partial charge < -0.3 is 0 Å². The fraction of sp³-hybridized carbons (Fsp3) is 0.586. The molecule has 0 atom stereocenters. The normalized spacial score (nSPS) is 25.5. The van der Waals surface area contributed by atoms with E-state index in [0.29, 0.717) is 0 Å². The molecule has 2 fully saturated rings. The van der Waals surface area contributed by atoms with Gasteiger partial charge in [-0.05, 0) is 110 Å². The molecule has 0 heterocycles. The first kappa shape index (κ1) is 25.2. The second kappa shape index (κ2) is 11.2. The molecular weight excluding hydrogens is 443 g/mol. The van der Waals surface area contributed by atoms with E-state index in [1.54, 1.807) is 6.07 Å². The molecule has 0 unspecified atom stereocenters. The van der Waals surface area contributed by atoms with Gasteiger partial charge in [0.15, 0.2) is 29.1 Å². The summed E-state index contributed by atoms with van der Waals surface area (Å²) in [6.07, 6.45) is 12.4. The number of hydrogen-bond acceptors (Lipinski definition) is 0. The van der Waals surface area contributed by atoms with Crippen LogP contribution in [-0.4, -0.2) is 0 Å². The molecule has 0 amide bonds. The van der Waals surface area contributed by atoms with Gasteiger partial charge in [-0.3, -0.25) is 0 Å². The Hall–Kier alpha value is -1.91. The molecular formula is C29H35F5. The van der Waals surface area contributed by atoms with Crippen LogP contribution in [0.1, 0.15) is 93.7 Å². The average molecular weight is 479 g/mol. The Bertz CT molecular complexity index is 946. The number of hydrogen-bond donors (Lipinski definition) is 0. The molecule has 34 heavy (non-hydrogen) atoms. The van der Waals surface area contributed by atoms with Crippen LogP contribution in [0.25, 0.3) is 0 Å². The minimum Gasteiger partial charge on any atom is -0.204 e. The van der Waals surface area contributed by atoms with Crippen molar-refractivity contribution in [3.8, 4) is 0 Å². The second-order valence-electron chi connectivity index (χ2n) is 10.5. The zero-order chi connectivity index (χ0) is 24.2. The van der Waals surface area contributed by atoms with Gasteiger partial charge in [-0.25, -0.2) is 22.0 Å². The first-order chi connectivity index (χ1) is 16.4. The van der Waals surface area contributed by atoms with Crippen LogP contribution in [0.3, 0.4) is 0 Å². The summed E-state index contributed by atoms with van der Waals surface area (Å²) in [6, 6.07) is 4.85. The SMILES string of the molecule is CCCC1CCC(C2CCC(c3cc(F)c(F)c(CCc4cc(F)c(F)c(F)c4)c3)CC2)CC1. The zero-order valence-corrected chi connectivity index (χ0v) is 20.0. The van der Waals surface area contributed by atoms with Gasteiger partial charge in [0.2, 0.25) is 0 Å². The molecule has 4 rings (SSSR count). The number of halogens is 5. The van der Waals surface area contributed by atoms with Crippen molar-refractivity contribution < 1.29 is 22.0 Å². The van der Waals surface area contributed by atoms with Crippen LogP contribution in [-0.2, 0) is 12.8 Å². The summed E-state index contributed by atoms with van der Waals surface area (Å²) in [5.74, 6) is -3.18. The van der Waals surface area contributed by atoms with Gasteiger partial charge in [0.05, 0.1) is 0 Å². The largest absolute Gasteiger partial charge is 0.204 e. The maximum atomic E-state index is 14.5. The van der Waals surface area contributed by atoms with Crippen molar-refractivity contribution in [2.24, 2.45) is 17.8 Å². The molecule has 0 N–H and O–H groups in total. The van der Waals surface area contributed by atoms with Crippen LogP contribution in [0.15, 0.2) is 24.3 Å². The summed E-state index contributed by atoms with van der Waals surface area (Å²) < 4.78 is 69.1. The Morgan fingerprint density at radius 3 is 1.79 bits per heavy atom. The van der Waals surface area contributed by atoms with Crippen LogP contribution in [0, 0.1) is 46.8 Å². The van der Waals surface area contributed by atoms with E-state index in [-0.39, 0.29) is 29.9 Å². The van der Waals surface area contributed by atoms with E-state index >= 15 is 0 Å². The molecule has 0 nitrogen and oxygen atoms in total. The zero-order valence-electron chi connectivity index (χ0n) is 20.0. The molecule has 0 bridgehead atoms. The van der Waals surface area contributed by atoms with Crippen molar-refractivity contribution in [2.75, 3.05) is 0 Å². The van der Waals surface area contributed by atoms with Crippen molar-refractivity contribution in [3.05, 3.63) is 70.0 Å². The number of benzene rings is 2. The standard InChI is InChI=1S/C29H35F5/c1-2-3-18-4-7-20(8-5-18)21-10-12-22(13-11-21)24-16-23(28(33)27(32)17-24)9-6-19-14-25(30)29(34)26(31)15-19/h14-18,20-22H,2-13H2,1H3. The summed E-state index contributed by atoms with van der Waals surface area (Å²) >= 11 is 0. The molecule has 2 aliphatic carbocycles. The smallest absolute Gasteiger partial charge is 0.194 e. The maximum Gasteiger partial charge on any atom is 0.194 e. The van der Waals surface area contributed by atoms with E-state index in [0.717, 1.165) is 61.1 Å². The molecule has 2 aromatic carbocycles. The summed E-state index contributed by atoms with van der Waals surface area (Å²) in [4.78, 5) is 0. The van der Waals surface area contributed by atoms with Crippen LogP contribution in [0.2, 0.25) is 0 Å². The molecule has 0 radical (unpaired) electrons. The Kier molecular flexibility index (Phi) is 8.31. The summed E-state index contributed by atoms with van der Waals surface area (Å²) in [5.41, 5.74) is 1.24. The third kappa shape index (κ3) is 5.83. The van der Waals surface area contributed by atoms with Gasteiger partial charge in [-0.1, -0.05) is 38.7 Å². The Balaban J connectivity index is 1.37.